The summed E-state index contributed by atoms with van der Waals surface area (Å²) in [5.41, 5.74) is 1.89. The van der Waals surface area contributed by atoms with Crippen LogP contribution in [-0.2, 0) is 6.61 Å². The molecule has 1 heterocycles. The molecule has 0 atom stereocenters. The maximum absolute atomic E-state index is 13.9. The van der Waals surface area contributed by atoms with E-state index in [1.54, 1.807) is 18.3 Å². The SMILES string of the molecule is OCc1cnn(-c2c(F)cccc2Cl)c1C1CC1. The molecule has 3 nitrogen and oxygen atoms in total. The average molecular weight is 267 g/mol. The van der Waals surface area contributed by atoms with Crippen molar-refractivity contribution in [1.29, 1.82) is 0 Å². The van der Waals surface area contributed by atoms with Crippen LogP contribution in [0.25, 0.3) is 5.69 Å². The molecular weight excluding hydrogens is 255 g/mol. The summed E-state index contributed by atoms with van der Waals surface area (Å²) in [6.07, 6.45) is 3.67. The number of benzene rings is 1. The Labute approximate surface area is 109 Å². The second kappa shape index (κ2) is 4.37. The number of hydrogen-bond donors (Lipinski definition) is 1. The highest BCUT2D eigenvalue weighted by molar-refractivity contribution is 6.32. The van der Waals surface area contributed by atoms with Crippen LogP contribution < -0.4 is 0 Å². The van der Waals surface area contributed by atoms with Crippen molar-refractivity contribution in [3.05, 3.63) is 46.5 Å². The highest BCUT2D eigenvalue weighted by Gasteiger charge is 2.31. The summed E-state index contributed by atoms with van der Waals surface area (Å²) in [6.45, 7) is -0.0854. The van der Waals surface area contributed by atoms with Gasteiger partial charge in [0.2, 0.25) is 0 Å². The molecule has 1 N–H and O–H groups in total. The molecule has 3 rings (SSSR count). The Morgan fingerprint density at radius 1 is 1.44 bits per heavy atom. The second-order valence-electron chi connectivity index (χ2n) is 4.47. The van der Waals surface area contributed by atoms with Crippen LogP contribution in [0.15, 0.2) is 24.4 Å². The number of para-hydroxylation sites is 1. The van der Waals surface area contributed by atoms with Gasteiger partial charge in [0.05, 0.1) is 23.5 Å². The van der Waals surface area contributed by atoms with Crippen molar-refractivity contribution in [3.8, 4) is 5.69 Å². The minimum Gasteiger partial charge on any atom is -0.392 e. The first kappa shape index (κ1) is 11.7. The largest absolute Gasteiger partial charge is 0.392 e. The van der Waals surface area contributed by atoms with Crippen LogP contribution in [-0.4, -0.2) is 14.9 Å². The lowest BCUT2D eigenvalue weighted by atomic mass is 10.2. The lowest BCUT2D eigenvalue weighted by molar-refractivity contribution is 0.280. The molecular formula is C13H12ClFN2O. The predicted octanol–water partition coefficient (Wildman–Crippen LogP) is 3.03. The number of aliphatic hydroxyl groups is 1. The molecule has 0 aliphatic heterocycles. The van der Waals surface area contributed by atoms with Crippen molar-refractivity contribution in [2.75, 3.05) is 0 Å². The Balaban J connectivity index is 2.20. The molecule has 1 fully saturated rings. The molecule has 0 amide bonds. The molecule has 0 radical (unpaired) electrons. The molecule has 2 aromatic rings. The normalized spacial score (nSPS) is 15.1. The summed E-state index contributed by atoms with van der Waals surface area (Å²) >= 11 is 6.05. The highest BCUT2D eigenvalue weighted by atomic mass is 35.5. The van der Waals surface area contributed by atoms with Crippen LogP contribution in [0.2, 0.25) is 5.02 Å². The van der Waals surface area contributed by atoms with Crippen molar-refractivity contribution < 1.29 is 9.50 Å². The van der Waals surface area contributed by atoms with Crippen LogP contribution >= 0.6 is 11.6 Å². The monoisotopic (exact) mass is 266 g/mol. The molecule has 1 saturated carbocycles. The van der Waals surface area contributed by atoms with E-state index in [1.807, 2.05) is 0 Å². The zero-order valence-electron chi connectivity index (χ0n) is 9.61. The average Bonchev–Trinajstić information content (AvgIpc) is 3.10. The Morgan fingerprint density at radius 2 is 2.22 bits per heavy atom. The van der Waals surface area contributed by atoms with Crippen molar-refractivity contribution >= 4 is 11.6 Å². The van der Waals surface area contributed by atoms with Gasteiger partial charge in [-0.25, -0.2) is 9.07 Å². The topological polar surface area (TPSA) is 38.1 Å². The third kappa shape index (κ3) is 1.82. The van der Waals surface area contributed by atoms with E-state index in [4.69, 9.17) is 11.6 Å². The molecule has 1 aliphatic rings. The molecule has 18 heavy (non-hydrogen) atoms. The number of aromatic nitrogens is 2. The summed E-state index contributed by atoms with van der Waals surface area (Å²) in [4.78, 5) is 0. The Hall–Kier alpha value is -1.39. The molecule has 0 bridgehead atoms. The van der Waals surface area contributed by atoms with E-state index in [0.29, 0.717) is 10.9 Å². The van der Waals surface area contributed by atoms with Crippen molar-refractivity contribution in [2.24, 2.45) is 0 Å². The van der Waals surface area contributed by atoms with Crippen molar-refractivity contribution in [1.82, 2.24) is 9.78 Å². The van der Waals surface area contributed by atoms with E-state index < -0.39 is 5.82 Å². The zero-order chi connectivity index (χ0) is 12.7. The fourth-order valence-corrected chi connectivity index (χ4v) is 2.42. The first-order valence-corrected chi connectivity index (χ1v) is 6.22. The van der Waals surface area contributed by atoms with E-state index in [2.05, 4.69) is 5.10 Å². The summed E-state index contributed by atoms with van der Waals surface area (Å²) in [6, 6.07) is 4.56. The minimum atomic E-state index is -0.406. The fourth-order valence-electron chi connectivity index (χ4n) is 2.18. The number of halogens is 2. The van der Waals surface area contributed by atoms with Gasteiger partial charge in [0, 0.05) is 11.5 Å². The van der Waals surface area contributed by atoms with Gasteiger partial charge in [0.15, 0.2) is 0 Å². The quantitative estimate of drug-likeness (QED) is 0.927. The number of nitrogens with zero attached hydrogens (tertiary/aromatic N) is 2. The van der Waals surface area contributed by atoms with E-state index in [9.17, 15) is 9.50 Å². The lowest BCUT2D eigenvalue weighted by Crippen LogP contribution is -2.05. The lowest BCUT2D eigenvalue weighted by Gasteiger charge is -2.10. The molecule has 5 heteroatoms. The molecule has 1 aromatic carbocycles. The Bertz CT molecular complexity index is 572. The van der Waals surface area contributed by atoms with Gasteiger partial charge < -0.3 is 5.11 Å². The number of aliphatic hydroxyl groups excluding tert-OH is 1. The van der Waals surface area contributed by atoms with Crippen molar-refractivity contribution in [2.45, 2.75) is 25.4 Å². The van der Waals surface area contributed by atoms with Gasteiger partial charge in [0.1, 0.15) is 11.5 Å². The van der Waals surface area contributed by atoms with Crippen LogP contribution in [0, 0.1) is 5.82 Å². The summed E-state index contributed by atoms with van der Waals surface area (Å²) in [7, 11) is 0. The summed E-state index contributed by atoms with van der Waals surface area (Å²) < 4.78 is 15.4. The first-order valence-electron chi connectivity index (χ1n) is 5.84. The molecule has 0 spiro atoms. The van der Waals surface area contributed by atoms with E-state index in [-0.39, 0.29) is 12.3 Å². The Kier molecular flexibility index (Phi) is 2.84. The van der Waals surface area contributed by atoms with Gasteiger partial charge in [-0.15, -0.1) is 0 Å². The zero-order valence-corrected chi connectivity index (χ0v) is 10.4. The maximum Gasteiger partial charge on any atom is 0.150 e. The van der Waals surface area contributed by atoms with Crippen molar-refractivity contribution in [3.63, 3.8) is 0 Å². The van der Waals surface area contributed by atoms with E-state index in [1.165, 1.54) is 10.7 Å². The summed E-state index contributed by atoms with van der Waals surface area (Å²) in [5.74, 6) is -0.0534. The maximum atomic E-state index is 13.9. The molecule has 1 aromatic heterocycles. The van der Waals surface area contributed by atoms with Gasteiger partial charge >= 0.3 is 0 Å². The van der Waals surface area contributed by atoms with Gasteiger partial charge in [-0.1, -0.05) is 17.7 Å². The molecule has 1 aliphatic carbocycles. The standard InChI is InChI=1S/C13H12ClFN2O/c14-10-2-1-3-11(15)13(10)17-12(8-4-5-8)9(7-18)6-16-17/h1-3,6,8,18H,4-5,7H2. The van der Waals surface area contributed by atoms with Crippen LogP contribution in [0.1, 0.15) is 30.0 Å². The number of rotatable bonds is 3. The smallest absolute Gasteiger partial charge is 0.150 e. The third-order valence-electron chi connectivity index (χ3n) is 3.17. The predicted molar refractivity (Wildman–Crippen MR) is 66.4 cm³/mol. The van der Waals surface area contributed by atoms with Gasteiger partial charge in [-0.2, -0.15) is 5.10 Å². The van der Waals surface area contributed by atoms with Crippen LogP contribution in [0.4, 0.5) is 4.39 Å². The molecule has 0 saturated heterocycles. The van der Waals surface area contributed by atoms with E-state index in [0.717, 1.165) is 24.1 Å². The van der Waals surface area contributed by atoms with Gasteiger partial charge in [-0.05, 0) is 25.0 Å². The number of hydrogen-bond acceptors (Lipinski definition) is 2. The van der Waals surface area contributed by atoms with Crippen LogP contribution in [0.5, 0.6) is 0 Å². The highest BCUT2D eigenvalue weighted by Crippen LogP contribution is 2.43. The van der Waals surface area contributed by atoms with Crippen LogP contribution in [0.3, 0.4) is 0 Å². The molecule has 0 unspecified atom stereocenters. The minimum absolute atomic E-state index is 0.0854. The molecule has 94 valence electrons. The first-order chi connectivity index (χ1) is 8.72. The van der Waals surface area contributed by atoms with E-state index >= 15 is 0 Å². The second-order valence-corrected chi connectivity index (χ2v) is 4.88. The Morgan fingerprint density at radius 3 is 2.83 bits per heavy atom. The fraction of sp³-hybridized carbons (Fsp3) is 0.308. The third-order valence-corrected chi connectivity index (χ3v) is 3.47. The van der Waals surface area contributed by atoms with Gasteiger partial charge in [-0.3, -0.25) is 0 Å². The van der Waals surface area contributed by atoms with Gasteiger partial charge in [0.25, 0.3) is 0 Å². The summed E-state index contributed by atoms with van der Waals surface area (Å²) in [5, 5.41) is 13.8.